The Hall–Kier alpha value is -1.71. The SMILES string of the molecule is CN1CCN(C(=O)C[C@@]2(COc3ccc(Cl)cc3)CN(Cc3nccs3)CCO2)CC1. The van der Waals surface area contributed by atoms with Crippen molar-refractivity contribution in [3.63, 3.8) is 0 Å². The molecule has 9 heteroatoms. The number of rotatable bonds is 7. The first kappa shape index (κ1) is 22.5. The van der Waals surface area contributed by atoms with E-state index in [4.69, 9.17) is 21.1 Å². The first-order valence-electron chi connectivity index (χ1n) is 10.6. The van der Waals surface area contributed by atoms with Gasteiger partial charge in [0.15, 0.2) is 0 Å². The highest BCUT2D eigenvalue weighted by molar-refractivity contribution is 7.09. The van der Waals surface area contributed by atoms with Crippen molar-refractivity contribution in [1.29, 1.82) is 0 Å². The van der Waals surface area contributed by atoms with Gasteiger partial charge in [0.25, 0.3) is 0 Å². The summed E-state index contributed by atoms with van der Waals surface area (Å²) in [5, 5.41) is 3.72. The first-order valence-corrected chi connectivity index (χ1v) is 11.9. The number of carbonyl (C=O) groups is 1. The number of aromatic nitrogens is 1. The van der Waals surface area contributed by atoms with Gasteiger partial charge in [0.05, 0.1) is 19.6 Å². The fourth-order valence-corrected chi connectivity index (χ4v) is 4.80. The molecule has 0 aliphatic carbocycles. The summed E-state index contributed by atoms with van der Waals surface area (Å²) in [4.78, 5) is 24.1. The molecule has 31 heavy (non-hydrogen) atoms. The number of likely N-dealkylation sites (N-methyl/N-ethyl adjacent to an activating group) is 1. The number of thiazole rings is 1. The topological polar surface area (TPSA) is 58.1 Å². The lowest BCUT2D eigenvalue weighted by Crippen LogP contribution is -2.58. The largest absolute Gasteiger partial charge is 0.491 e. The molecule has 0 radical (unpaired) electrons. The van der Waals surface area contributed by atoms with Gasteiger partial charge in [-0.15, -0.1) is 11.3 Å². The van der Waals surface area contributed by atoms with E-state index >= 15 is 0 Å². The Balaban J connectivity index is 1.46. The summed E-state index contributed by atoms with van der Waals surface area (Å²) in [6.45, 7) is 6.37. The average molecular weight is 465 g/mol. The van der Waals surface area contributed by atoms with Crippen LogP contribution in [-0.2, 0) is 16.1 Å². The Morgan fingerprint density at radius 2 is 2.00 bits per heavy atom. The van der Waals surface area contributed by atoms with Crippen LogP contribution in [0.25, 0.3) is 0 Å². The van der Waals surface area contributed by atoms with Gasteiger partial charge in [-0.3, -0.25) is 9.69 Å². The number of morpholine rings is 1. The fraction of sp³-hybridized carbons (Fsp3) is 0.545. The molecule has 2 fully saturated rings. The van der Waals surface area contributed by atoms with Crippen LogP contribution >= 0.6 is 22.9 Å². The highest BCUT2D eigenvalue weighted by Gasteiger charge is 2.41. The Morgan fingerprint density at radius 1 is 1.23 bits per heavy atom. The summed E-state index contributed by atoms with van der Waals surface area (Å²) in [6.07, 6.45) is 2.13. The third-order valence-corrected chi connectivity index (χ3v) is 6.83. The Bertz CT molecular complexity index is 843. The molecule has 0 N–H and O–H groups in total. The van der Waals surface area contributed by atoms with Crippen molar-refractivity contribution in [3.8, 4) is 5.75 Å². The van der Waals surface area contributed by atoms with Crippen LogP contribution in [0.1, 0.15) is 11.4 Å². The second-order valence-electron chi connectivity index (χ2n) is 8.27. The molecule has 3 heterocycles. The minimum atomic E-state index is -0.699. The number of hydrogen-bond acceptors (Lipinski definition) is 7. The lowest BCUT2D eigenvalue weighted by molar-refractivity contribution is -0.157. The first-order chi connectivity index (χ1) is 15.0. The molecule has 0 spiro atoms. The minimum Gasteiger partial charge on any atom is -0.491 e. The van der Waals surface area contributed by atoms with E-state index in [2.05, 4.69) is 21.8 Å². The zero-order valence-electron chi connectivity index (χ0n) is 17.8. The normalized spacial score (nSPS) is 23.1. The van der Waals surface area contributed by atoms with Crippen LogP contribution in [0.5, 0.6) is 5.75 Å². The van der Waals surface area contributed by atoms with E-state index in [1.165, 1.54) is 0 Å². The van der Waals surface area contributed by atoms with Crippen LogP contribution in [0.4, 0.5) is 0 Å². The number of hydrogen-bond donors (Lipinski definition) is 0. The molecule has 7 nitrogen and oxygen atoms in total. The molecule has 2 aliphatic heterocycles. The van der Waals surface area contributed by atoms with Crippen molar-refractivity contribution in [3.05, 3.63) is 45.9 Å². The third-order valence-electron chi connectivity index (χ3n) is 5.81. The summed E-state index contributed by atoms with van der Waals surface area (Å²) in [5.41, 5.74) is -0.699. The molecule has 2 aromatic rings. The Kier molecular flexibility index (Phi) is 7.45. The molecule has 0 unspecified atom stereocenters. The summed E-state index contributed by atoms with van der Waals surface area (Å²) < 4.78 is 12.4. The van der Waals surface area contributed by atoms with E-state index in [1.807, 2.05) is 28.6 Å². The molecular formula is C22H29ClN4O3S. The van der Waals surface area contributed by atoms with E-state index in [-0.39, 0.29) is 5.91 Å². The molecule has 0 saturated carbocycles. The molecule has 0 bridgehead atoms. The number of carbonyl (C=O) groups excluding carboxylic acids is 1. The molecule has 1 amide bonds. The molecule has 1 atom stereocenters. The second-order valence-corrected chi connectivity index (χ2v) is 9.69. The lowest BCUT2D eigenvalue weighted by Gasteiger charge is -2.43. The number of piperazine rings is 1. The smallest absolute Gasteiger partial charge is 0.225 e. The standard InChI is InChI=1S/C22H29ClN4O3S/c1-25-7-9-27(10-8-25)21(28)14-22(17-29-19-4-2-18(23)3-5-19)16-26(11-12-30-22)15-20-24-6-13-31-20/h2-6,13H,7-12,14-17H2,1H3/t22-/m0/s1. The number of amides is 1. The maximum Gasteiger partial charge on any atom is 0.225 e. The molecule has 2 aliphatic rings. The lowest BCUT2D eigenvalue weighted by atomic mass is 9.96. The molecular weight excluding hydrogens is 436 g/mol. The van der Waals surface area contributed by atoms with Crippen LogP contribution in [-0.4, -0.2) is 90.7 Å². The summed E-state index contributed by atoms with van der Waals surface area (Å²) in [7, 11) is 2.09. The van der Waals surface area contributed by atoms with Gasteiger partial charge >= 0.3 is 0 Å². The van der Waals surface area contributed by atoms with E-state index in [0.29, 0.717) is 31.2 Å². The fourth-order valence-electron chi connectivity index (χ4n) is 4.01. The van der Waals surface area contributed by atoms with Gasteiger partial charge in [0.2, 0.25) is 5.91 Å². The van der Waals surface area contributed by atoms with Gasteiger partial charge in [0.1, 0.15) is 23.0 Å². The molecule has 4 rings (SSSR count). The summed E-state index contributed by atoms with van der Waals surface area (Å²) in [6, 6.07) is 7.29. The average Bonchev–Trinajstić information content (AvgIpc) is 3.27. The third kappa shape index (κ3) is 6.17. The second kappa shape index (κ2) is 10.3. The highest BCUT2D eigenvalue weighted by Crippen LogP contribution is 2.27. The molecule has 1 aromatic heterocycles. The van der Waals surface area contributed by atoms with Crippen LogP contribution in [0.2, 0.25) is 5.02 Å². The molecule has 1 aromatic carbocycles. The number of benzene rings is 1. The van der Waals surface area contributed by atoms with Crippen LogP contribution in [0, 0.1) is 0 Å². The minimum absolute atomic E-state index is 0.129. The van der Waals surface area contributed by atoms with Crippen molar-refractivity contribution < 1.29 is 14.3 Å². The van der Waals surface area contributed by atoms with Crippen molar-refractivity contribution in [2.75, 3.05) is 59.5 Å². The Morgan fingerprint density at radius 3 is 2.71 bits per heavy atom. The maximum absolute atomic E-state index is 13.2. The Labute approximate surface area is 192 Å². The van der Waals surface area contributed by atoms with E-state index < -0.39 is 5.60 Å². The van der Waals surface area contributed by atoms with Crippen molar-refractivity contribution in [2.24, 2.45) is 0 Å². The highest BCUT2D eigenvalue weighted by atomic mass is 35.5. The summed E-state index contributed by atoms with van der Waals surface area (Å²) in [5.74, 6) is 0.848. The van der Waals surface area contributed by atoms with Gasteiger partial charge in [-0.25, -0.2) is 4.98 Å². The maximum atomic E-state index is 13.2. The van der Waals surface area contributed by atoms with Crippen LogP contribution in [0.15, 0.2) is 35.8 Å². The van der Waals surface area contributed by atoms with Crippen molar-refractivity contribution in [2.45, 2.75) is 18.6 Å². The predicted octanol–water partition coefficient (Wildman–Crippen LogP) is 2.61. The van der Waals surface area contributed by atoms with Gasteiger partial charge in [0, 0.05) is 55.9 Å². The van der Waals surface area contributed by atoms with E-state index in [9.17, 15) is 4.79 Å². The monoisotopic (exact) mass is 464 g/mol. The van der Waals surface area contributed by atoms with E-state index in [0.717, 1.165) is 50.0 Å². The van der Waals surface area contributed by atoms with Crippen molar-refractivity contribution >= 4 is 28.8 Å². The van der Waals surface area contributed by atoms with Gasteiger partial charge in [-0.05, 0) is 31.3 Å². The predicted molar refractivity (Wildman–Crippen MR) is 122 cm³/mol. The van der Waals surface area contributed by atoms with Crippen LogP contribution in [0.3, 0.4) is 0 Å². The zero-order chi connectivity index (χ0) is 21.7. The molecule has 168 valence electrons. The van der Waals surface area contributed by atoms with Gasteiger partial charge in [-0.2, -0.15) is 0 Å². The number of halogens is 1. The number of nitrogens with zero attached hydrogens (tertiary/aromatic N) is 4. The van der Waals surface area contributed by atoms with Crippen LogP contribution < -0.4 is 4.74 Å². The van der Waals surface area contributed by atoms with Gasteiger partial charge in [-0.1, -0.05) is 11.6 Å². The molecule has 2 saturated heterocycles. The summed E-state index contributed by atoms with van der Waals surface area (Å²) >= 11 is 7.64. The van der Waals surface area contributed by atoms with E-state index in [1.54, 1.807) is 23.5 Å². The van der Waals surface area contributed by atoms with Crippen molar-refractivity contribution in [1.82, 2.24) is 19.7 Å². The quantitative estimate of drug-likeness (QED) is 0.627. The number of ether oxygens (including phenoxy) is 2. The zero-order valence-corrected chi connectivity index (χ0v) is 19.4. The van der Waals surface area contributed by atoms with Gasteiger partial charge < -0.3 is 19.3 Å².